The molecule has 2 aliphatic heterocycles. The Morgan fingerprint density at radius 1 is 1.05 bits per heavy atom. The van der Waals surface area contributed by atoms with Gasteiger partial charge in [-0.1, -0.05) is 23.8 Å². The Morgan fingerprint density at radius 2 is 1.82 bits per heavy atom. The Hall–Kier alpha value is -3.83. The number of nitrogens with zero attached hydrogens (tertiary/aromatic N) is 2. The van der Waals surface area contributed by atoms with Crippen molar-refractivity contribution in [1.82, 2.24) is 9.80 Å². The predicted molar refractivity (Wildman–Crippen MR) is 148 cm³/mol. The molecule has 11 heteroatoms. The molecule has 2 heterocycles. The average Bonchev–Trinajstić information content (AvgIpc) is 3.17. The number of aryl methyl sites for hydroxylation is 2. The molecule has 0 saturated carbocycles. The van der Waals surface area contributed by atoms with Crippen LogP contribution in [0.15, 0.2) is 41.3 Å². The van der Waals surface area contributed by atoms with E-state index in [0.717, 1.165) is 27.8 Å². The number of benzene rings is 2. The quantitative estimate of drug-likeness (QED) is 0.469. The van der Waals surface area contributed by atoms with Crippen LogP contribution in [0.25, 0.3) is 6.08 Å². The van der Waals surface area contributed by atoms with Crippen LogP contribution in [-0.4, -0.2) is 78.8 Å². The van der Waals surface area contributed by atoms with Crippen molar-refractivity contribution in [3.05, 3.63) is 58.0 Å². The topological polar surface area (TPSA) is 114 Å². The summed E-state index contributed by atoms with van der Waals surface area (Å²) in [4.78, 5) is 53.3. The lowest BCUT2D eigenvalue weighted by Gasteiger charge is -2.26. The zero-order valence-corrected chi connectivity index (χ0v) is 23.0. The lowest BCUT2D eigenvalue weighted by Crippen LogP contribution is -2.43. The summed E-state index contributed by atoms with van der Waals surface area (Å²) in [6.07, 6.45) is 1.57. The molecule has 0 atom stereocenters. The van der Waals surface area contributed by atoms with Crippen LogP contribution >= 0.6 is 11.8 Å². The second kappa shape index (κ2) is 12.8. The van der Waals surface area contributed by atoms with E-state index in [1.54, 1.807) is 35.2 Å². The Morgan fingerprint density at radius 3 is 2.54 bits per heavy atom. The van der Waals surface area contributed by atoms with Crippen LogP contribution in [0.5, 0.6) is 11.5 Å². The molecule has 0 aromatic heterocycles. The highest BCUT2D eigenvalue weighted by Gasteiger charge is 2.36. The van der Waals surface area contributed by atoms with E-state index in [0.29, 0.717) is 55.7 Å². The first-order valence-electron chi connectivity index (χ1n) is 12.6. The number of anilines is 1. The molecule has 0 unspecified atom stereocenters. The van der Waals surface area contributed by atoms with Gasteiger partial charge in [0.05, 0.1) is 24.7 Å². The van der Waals surface area contributed by atoms with Gasteiger partial charge in [-0.15, -0.1) is 0 Å². The number of carbonyl (C=O) groups is 4. The third-order valence-corrected chi connectivity index (χ3v) is 7.02. The van der Waals surface area contributed by atoms with Crippen LogP contribution in [0.2, 0.25) is 0 Å². The minimum atomic E-state index is -0.546. The van der Waals surface area contributed by atoms with E-state index in [9.17, 15) is 19.2 Å². The van der Waals surface area contributed by atoms with Gasteiger partial charge in [0, 0.05) is 18.8 Å². The number of carbonyl (C=O) groups excluding carboxylic acids is 4. The summed E-state index contributed by atoms with van der Waals surface area (Å²) < 4.78 is 16.7. The normalized spacial score (nSPS) is 16.5. The summed E-state index contributed by atoms with van der Waals surface area (Å²) >= 11 is 0.769. The van der Waals surface area contributed by atoms with Crippen molar-refractivity contribution in [2.24, 2.45) is 0 Å². The second-order valence-corrected chi connectivity index (χ2v) is 10.0. The van der Waals surface area contributed by atoms with Gasteiger partial charge >= 0.3 is 0 Å². The van der Waals surface area contributed by atoms with Crippen LogP contribution in [0.3, 0.4) is 0 Å². The van der Waals surface area contributed by atoms with Crippen LogP contribution < -0.4 is 14.8 Å². The fraction of sp³-hybridized carbons (Fsp3) is 0.357. The maximum atomic E-state index is 13.0. The average molecular weight is 554 g/mol. The Labute approximate surface area is 231 Å². The zero-order chi connectivity index (χ0) is 27.9. The summed E-state index contributed by atoms with van der Waals surface area (Å²) in [6.45, 7) is 7.57. The summed E-state index contributed by atoms with van der Waals surface area (Å²) in [5.74, 6) is -0.340. The third-order valence-electron chi connectivity index (χ3n) is 6.11. The van der Waals surface area contributed by atoms with Gasteiger partial charge in [0.1, 0.15) is 6.54 Å². The van der Waals surface area contributed by atoms with E-state index >= 15 is 0 Å². The number of hydrogen-bond donors (Lipinski definition) is 1. The molecule has 4 rings (SSSR count). The summed E-state index contributed by atoms with van der Waals surface area (Å²) in [7, 11) is 0. The Bertz CT molecular complexity index is 1300. The van der Waals surface area contributed by atoms with Gasteiger partial charge in [-0.2, -0.15) is 0 Å². The van der Waals surface area contributed by atoms with Crippen molar-refractivity contribution in [3.8, 4) is 11.5 Å². The number of rotatable bonds is 9. The van der Waals surface area contributed by atoms with E-state index < -0.39 is 17.1 Å². The second-order valence-electron chi connectivity index (χ2n) is 9.06. The molecule has 0 aliphatic carbocycles. The molecule has 0 bridgehead atoms. The summed E-state index contributed by atoms with van der Waals surface area (Å²) in [5.41, 5.74) is 3.19. The number of thioether (sulfide) groups is 1. The molecule has 2 aromatic carbocycles. The summed E-state index contributed by atoms with van der Waals surface area (Å²) in [6, 6.07) is 10.6. The van der Waals surface area contributed by atoms with Crippen molar-refractivity contribution in [2.45, 2.75) is 20.8 Å². The molecule has 2 fully saturated rings. The van der Waals surface area contributed by atoms with Gasteiger partial charge < -0.3 is 24.4 Å². The molecule has 2 saturated heterocycles. The van der Waals surface area contributed by atoms with Crippen LogP contribution in [0.4, 0.5) is 10.5 Å². The van der Waals surface area contributed by atoms with Gasteiger partial charge in [-0.3, -0.25) is 24.1 Å². The SMILES string of the molecule is CCOc1cc(/C=C2\SC(=O)N(CC(=O)Nc3ccc(C)cc3C)C2=O)ccc1OCC(=O)N1CCOCC1. The highest BCUT2D eigenvalue weighted by Crippen LogP contribution is 2.34. The van der Waals surface area contributed by atoms with Gasteiger partial charge in [0.2, 0.25) is 5.91 Å². The highest BCUT2D eigenvalue weighted by molar-refractivity contribution is 8.18. The number of morpholine rings is 1. The highest BCUT2D eigenvalue weighted by atomic mass is 32.2. The van der Waals surface area contributed by atoms with Crippen molar-refractivity contribution in [1.29, 1.82) is 0 Å². The molecular formula is C28H31N3O7S. The van der Waals surface area contributed by atoms with E-state index in [2.05, 4.69) is 5.32 Å². The standard InChI is InChI=1S/C28H31N3O7S/c1-4-37-23-14-20(6-8-22(23)38-17-26(33)30-9-11-36-12-10-30)15-24-27(34)31(28(35)39-24)16-25(32)29-21-7-5-18(2)13-19(21)3/h5-8,13-15H,4,9-12,16-17H2,1-3H3,(H,29,32)/b24-15-. The van der Waals surface area contributed by atoms with Crippen LogP contribution in [0, 0.1) is 13.8 Å². The Balaban J connectivity index is 1.41. The smallest absolute Gasteiger partial charge is 0.294 e. The molecule has 0 radical (unpaired) electrons. The first-order chi connectivity index (χ1) is 18.7. The van der Waals surface area contributed by atoms with Gasteiger partial charge in [-0.25, -0.2) is 0 Å². The number of imide groups is 1. The zero-order valence-electron chi connectivity index (χ0n) is 22.2. The molecule has 1 N–H and O–H groups in total. The first kappa shape index (κ1) is 28.2. The third kappa shape index (κ3) is 7.18. The molecule has 206 valence electrons. The molecule has 4 amide bonds. The monoisotopic (exact) mass is 553 g/mol. The fourth-order valence-electron chi connectivity index (χ4n) is 4.12. The van der Waals surface area contributed by atoms with E-state index in [4.69, 9.17) is 14.2 Å². The molecule has 0 spiro atoms. The van der Waals surface area contributed by atoms with Gasteiger partial charge in [0.15, 0.2) is 18.1 Å². The van der Waals surface area contributed by atoms with Gasteiger partial charge in [0.25, 0.3) is 17.1 Å². The molecule has 10 nitrogen and oxygen atoms in total. The fourth-order valence-corrected chi connectivity index (χ4v) is 4.96. The van der Waals surface area contributed by atoms with Gasteiger partial charge in [-0.05, 0) is 67.9 Å². The minimum absolute atomic E-state index is 0.136. The largest absolute Gasteiger partial charge is 0.490 e. The molecular weight excluding hydrogens is 522 g/mol. The number of nitrogens with one attached hydrogen (secondary N) is 1. The van der Waals surface area contributed by atoms with Crippen molar-refractivity contribution in [3.63, 3.8) is 0 Å². The van der Waals surface area contributed by atoms with Crippen molar-refractivity contribution >= 4 is 46.5 Å². The van der Waals surface area contributed by atoms with E-state index in [-0.39, 0.29) is 24.0 Å². The maximum absolute atomic E-state index is 13.0. The molecule has 2 aromatic rings. The van der Waals surface area contributed by atoms with Crippen LogP contribution in [-0.2, 0) is 19.1 Å². The molecule has 2 aliphatic rings. The lowest BCUT2D eigenvalue weighted by atomic mass is 10.1. The number of amides is 4. The first-order valence-corrected chi connectivity index (χ1v) is 13.4. The number of ether oxygens (including phenoxy) is 3. The molecule has 39 heavy (non-hydrogen) atoms. The van der Waals surface area contributed by atoms with Crippen LogP contribution in [0.1, 0.15) is 23.6 Å². The maximum Gasteiger partial charge on any atom is 0.294 e. The Kier molecular flexibility index (Phi) is 9.26. The van der Waals surface area contributed by atoms with Crippen molar-refractivity contribution in [2.75, 3.05) is 51.4 Å². The lowest BCUT2D eigenvalue weighted by molar-refractivity contribution is -0.137. The van der Waals surface area contributed by atoms with Crippen molar-refractivity contribution < 1.29 is 33.4 Å². The number of hydrogen-bond acceptors (Lipinski definition) is 8. The van der Waals surface area contributed by atoms with E-state index in [1.165, 1.54) is 0 Å². The minimum Gasteiger partial charge on any atom is -0.490 e. The predicted octanol–water partition coefficient (Wildman–Crippen LogP) is 3.61. The van der Waals surface area contributed by atoms with E-state index in [1.807, 2.05) is 32.9 Å². The summed E-state index contributed by atoms with van der Waals surface area (Å²) in [5, 5.41) is 2.24.